The average Bonchev–Trinajstić information content (AvgIpc) is 3.04. The maximum atomic E-state index is 12.9. The summed E-state index contributed by atoms with van der Waals surface area (Å²) in [5, 5.41) is 2.70. The lowest BCUT2D eigenvalue weighted by atomic mass is 9.78. The number of benzene rings is 1. The van der Waals surface area contributed by atoms with Crippen molar-refractivity contribution in [1.29, 1.82) is 0 Å². The number of hydrogen-bond donors (Lipinski definition) is 1. The number of anilines is 1. The van der Waals surface area contributed by atoms with Gasteiger partial charge < -0.3 is 19.9 Å². The first-order valence-corrected chi connectivity index (χ1v) is 8.89. The molecular weight excluding hydrogens is 334 g/mol. The van der Waals surface area contributed by atoms with Crippen LogP contribution in [0.1, 0.15) is 29.6 Å². The fourth-order valence-electron chi connectivity index (χ4n) is 3.93. The highest BCUT2D eigenvalue weighted by Crippen LogP contribution is 2.40. The fraction of sp³-hybridized carbons (Fsp3) is 0.526. The first-order valence-electron chi connectivity index (χ1n) is 8.89. The highest BCUT2D eigenvalue weighted by atomic mass is 16.5. The molecule has 1 atom stereocenters. The Hall–Kier alpha value is -2.41. The van der Waals surface area contributed by atoms with Crippen molar-refractivity contribution in [2.24, 2.45) is 5.41 Å². The molecule has 1 spiro atoms. The molecule has 2 heterocycles. The van der Waals surface area contributed by atoms with Crippen molar-refractivity contribution in [3.05, 3.63) is 29.8 Å². The molecular formula is C19H25N3O4. The molecule has 7 heteroatoms. The Bertz CT molecular complexity index is 720. The largest absolute Gasteiger partial charge is 0.375 e. The highest BCUT2D eigenvalue weighted by molar-refractivity contribution is 5.98. The Morgan fingerprint density at radius 1 is 1.27 bits per heavy atom. The van der Waals surface area contributed by atoms with E-state index < -0.39 is 5.41 Å². The minimum atomic E-state index is -0.424. The zero-order chi connectivity index (χ0) is 18.7. The van der Waals surface area contributed by atoms with E-state index in [1.54, 1.807) is 34.1 Å². The van der Waals surface area contributed by atoms with Crippen LogP contribution < -0.4 is 5.32 Å². The van der Waals surface area contributed by atoms with E-state index in [1.807, 2.05) is 7.05 Å². The number of carbonyl (C=O) groups excluding carboxylic acids is 3. The van der Waals surface area contributed by atoms with E-state index in [9.17, 15) is 14.4 Å². The second-order valence-electron chi connectivity index (χ2n) is 7.15. The molecule has 140 valence electrons. The molecule has 0 saturated carbocycles. The van der Waals surface area contributed by atoms with Gasteiger partial charge in [0.15, 0.2) is 0 Å². The maximum Gasteiger partial charge on any atom is 0.253 e. The van der Waals surface area contributed by atoms with Gasteiger partial charge in [-0.2, -0.15) is 0 Å². The molecule has 3 rings (SSSR count). The third kappa shape index (κ3) is 3.58. The summed E-state index contributed by atoms with van der Waals surface area (Å²) in [5.74, 6) is -0.224. The standard InChI is InChI=1S/C19H25N3O4/c1-21-9-4-7-19(18(21)25)8-10-22(13-19)17(24)14-5-3-6-15(11-14)20-16(23)12-26-2/h3,5-6,11H,4,7-10,12-13H2,1-2H3,(H,20,23). The Morgan fingerprint density at radius 2 is 2.08 bits per heavy atom. The van der Waals surface area contributed by atoms with E-state index in [2.05, 4.69) is 5.32 Å². The Kier molecular flexibility index (Phi) is 5.27. The molecule has 1 N–H and O–H groups in total. The number of rotatable bonds is 4. The van der Waals surface area contributed by atoms with Crippen LogP contribution in [0.3, 0.4) is 0 Å². The van der Waals surface area contributed by atoms with Crippen molar-refractivity contribution in [1.82, 2.24) is 9.80 Å². The molecule has 0 radical (unpaired) electrons. The van der Waals surface area contributed by atoms with Gasteiger partial charge in [0.1, 0.15) is 6.61 Å². The number of hydrogen-bond acceptors (Lipinski definition) is 4. The highest BCUT2D eigenvalue weighted by Gasteiger charge is 2.48. The van der Waals surface area contributed by atoms with Gasteiger partial charge in [0.05, 0.1) is 5.41 Å². The number of piperidine rings is 1. The summed E-state index contributed by atoms with van der Waals surface area (Å²) >= 11 is 0. The summed E-state index contributed by atoms with van der Waals surface area (Å²) in [6.45, 7) is 1.80. The zero-order valence-electron chi connectivity index (χ0n) is 15.3. The smallest absolute Gasteiger partial charge is 0.253 e. The van der Waals surface area contributed by atoms with Crippen LogP contribution in [0.25, 0.3) is 0 Å². The van der Waals surface area contributed by atoms with Gasteiger partial charge in [-0.1, -0.05) is 6.07 Å². The van der Waals surface area contributed by atoms with Gasteiger partial charge in [0, 0.05) is 45.0 Å². The normalized spacial score (nSPS) is 22.8. The van der Waals surface area contributed by atoms with Crippen molar-refractivity contribution in [3.8, 4) is 0 Å². The van der Waals surface area contributed by atoms with Crippen molar-refractivity contribution >= 4 is 23.4 Å². The molecule has 3 amide bonds. The van der Waals surface area contributed by atoms with Crippen molar-refractivity contribution in [3.63, 3.8) is 0 Å². The lowest BCUT2D eigenvalue weighted by Gasteiger charge is -2.37. The van der Waals surface area contributed by atoms with Gasteiger partial charge in [0.2, 0.25) is 11.8 Å². The molecule has 0 aliphatic carbocycles. The molecule has 2 aliphatic heterocycles. The SMILES string of the molecule is COCC(=O)Nc1cccc(C(=O)N2CCC3(CCCN(C)C3=O)C2)c1. The molecule has 7 nitrogen and oxygen atoms in total. The van der Waals surface area contributed by atoms with Crippen LogP contribution in [0.2, 0.25) is 0 Å². The lowest BCUT2D eigenvalue weighted by molar-refractivity contribution is -0.143. The maximum absolute atomic E-state index is 12.9. The van der Waals surface area contributed by atoms with Gasteiger partial charge in [-0.25, -0.2) is 0 Å². The van der Waals surface area contributed by atoms with Gasteiger partial charge in [-0.05, 0) is 37.5 Å². The van der Waals surface area contributed by atoms with Crippen molar-refractivity contribution < 1.29 is 19.1 Å². The van der Waals surface area contributed by atoms with Crippen LogP contribution in [0.15, 0.2) is 24.3 Å². The van der Waals surface area contributed by atoms with Crippen LogP contribution >= 0.6 is 0 Å². The number of ether oxygens (including phenoxy) is 1. The van der Waals surface area contributed by atoms with E-state index in [-0.39, 0.29) is 24.3 Å². The third-order valence-electron chi connectivity index (χ3n) is 5.26. The Labute approximate surface area is 153 Å². The Morgan fingerprint density at radius 3 is 2.85 bits per heavy atom. The van der Waals surface area contributed by atoms with Gasteiger partial charge in [0.25, 0.3) is 5.91 Å². The zero-order valence-corrected chi connectivity index (χ0v) is 15.3. The molecule has 2 aliphatic rings. The minimum absolute atomic E-state index is 0.0392. The summed E-state index contributed by atoms with van der Waals surface area (Å²) in [7, 11) is 3.28. The second-order valence-corrected chi connectivity index (χ2v) is 7.15. The molecule has 1 unspecified atom stereocenters. The second kappa shape index (κ2) is 7.45. The Balaban J connectivity index is 1.70. The number of nitrogens with zero attached hydrogens (tertiary/aromatic N) is 2. The molecule has 1 aromatic rings. The summed E-state index contributed by atoms with van der Waals surface area (Å²) < 4.78 is 4.79. The summed E-state index contributed by atoms with van der Waals surface area (Å²) in [4.78, 5) is 40.7. The number of carbonyl (C=O) groups is 3. The number of nitrogens with one attached hydrogen (secondary N) is 1. The molecule has 2 saturated heterocycles. The minimum Gasteiger partial charge on any atom is -0.375 e. The lowest BCUT2D eigenvalue weighted by Crippen LogP contribution is -2.48. The van der Waals surface area contributed by atoms with E-state index in [4.69, 9.17) is 4.74 Å². The third-order valence-corrected chi connectivity index (χ3v) is 5.26. The molecule has 0 bridgehead atoms. The van der Waals surface area contributed by atoms with Crippen LogP contribution in [-0.2, 0) is 14.3 Å². The fourth-order valence-corrected chi connectivity index (χ4v) is 3.93. The molecule has 1 aromatic carbocycles. The van der Waals surface area contributed by atoms with E-state index in [0.717, 1.165) is 19.4 Å². The predicted octanol–water partition coefficient (Wildman–Crippen LogP) is 1.36. The van der Waals surface area contributed by atoms with E-state index >= 15 is 0 Å². The summed E-state index contributed by atoms with van der Waals surface area (Å²) in [6.07, 6.45) is 2.53. The average molecular weight is 359 g/mol. The summed E-state index contributed by atoms with van der Waals surface area (Å²) in [5.41, 5.74) is 0.640. The first kappa shape index (κ1) is 18.4. The topological polar surface area (TPSA) is 79.0 Å². The monoisotopic (exact) mass is 359 g/mol. The first-order chi connectivity index (χ1) is 12.4. The van der Waals surface area contributed by atoms with Crippen LogP contribution in [-0.4, -0.2) is 67.9 Å². The van der Waals surface area contributed by atoms with E-state index in [0.29, 0.717) is 30.8 Å². The predicted molar refractivity (Wildman–Crippen MR) is 96.8 cm³/mol. The number of likely N-dealkylation sites (tertiary alicyclic amines) is 2. The van der Waals surface area contributed by atoms with Crippen LogP contribution in [0.4, 0.5) is 5.69 Å². The molecule has 26 heavy (non-hydrogen) atoms. The quantitative estimate of drug-likeness (QED) is 0.880. The van der Waals surface area contributed by atoms with Crippen LogP contribution in [0, 0.1) is 5.41 Å². The number of amides is 3. The van der Waals surface area contributed by atoms with Gasteiger partial charge in [-0.3, -0.25) is 14.4 Å². The van der Waals surface area contributed by atoms with Crippen molar-refractivity contribution in [2.45, 2.75) is 19.3 Å². The molecule has 0 aromatic heterocycles. The van der Waals surface area contributed by atoms with Crippen molar-refractivity contribution in [2.75, 3.05) is 45.7 Å². The van der Waals surface area contributed by atoms with Crippen LogP contribution in [0.5, 0.6) is 0 Å². The van der Waals surface area contributed by atoms with Gasteiger partial charge >= 0.3 is 0 Å². The number of methoxy groups -OCH3 is 1. The summed E-state index contributed by atoms with van der Waals surface area (Å²) in [6, 6.07) is 6.86. The van der Waals surface area contributed by atoms with E-state index in [1.165, 1.54) is 7.11 Å². The molecule has 2 fully saturated rings. The van der Waals surface area contributed by atoms with Gasteiger partial charge in [-0.15, -0.1) is 0 Å².